The predicted octanol–water partition coefficient (Wildman–Crippen LogP) is 5.44. The molecule has 1 atom stereocenters. The number of nitro groups is 1. The number of nitro benzene ring substituents is 1. The summed E-state index contributed by atoms with van der Waals surface area (Å²) in [7, 11) is -3.90. The molecule has 0 bridgehead atoms. The zero-order valence-electron chi connectivity index (χ0n) is 24.2. The minimum Gasteiger partial charge on any atom is -0.490 e. The first-order chi connectivity index (χ1) is 21.1. The molecule has 0 heterocycles. The number of hydrazone groups is 1. The predicted molar refractivity (Wildman–Crippen MR) is 166 cm³/mol. The summed E-state index contributed by atoms with van der Waals surface area (Å²) in [6.45, 7) is 4.26. The van der Waals surface area contributed by atoms with Gasteiger partial charge in [0.2, 0.25) is 15.9 Å². The fraction of sp³-hybridized carbons (Fsp3) is 0.188. The van der Waals surface area contributed by atoms with E-state index in [2.05, 4.69) is 15.2 Å². The van der Waals surface area contributed by atoms with Crippen molar-refractivity contribution in [1.82, 2.24) is 10.1 Å². The Morgan fingerprint density at radius 3 is 2.32 bits per heavy atom. The fourth-order valence-electron chi connectivity index (χ4n) is 4.16. The largest absolute Gasteiger partial charge is 0.490 e. The van der Waals surface area contributed by atoms with E-state index in [-0.39, 0.29) is 23.6 Å². The van der Waals surface area contributed by atoms with Crippen LogP contribution in [0.2, 0.25) is 0 Å². The van der Waals surface area contributed by atoms with Crippen molar-refractivity contribution in [3.8, 4) is 11.5 Å². The van der Waals surface area contributed by atoms with Crippen molar-refractivity contribution in [2.75, 3.05) is 6.61 Å². The van der Waals surface area contributed by atoms with Gasteiger partial charge in [0.15, 0.2) is 11.5 Å². The molecule has 0 spiro atoms. The molecular formula is C32H32N4O7S. The van der Waals surface area contributed by atoms with Crippen LogP contribution in [0.25, 0.3) is 0 Å². The first-order valence-electron chi connectivity index (χ1n) is 13.7. The Morgan fingerprint density at radius 1 is 0.955 bits per heavy atom. The molecule has 0 aliphatic heterocycles. The first-order valence-corrected chi connectivity index (χ1v) is 15.2. The molecule has 0 unspecified atom stereocenters. The lowest BCUT2D eigenvalue weighted by Crippen LogP contribution is -2.32. The number of amides is 1. The molecule has 228 valence electrons. The van der Waals surface area contributed by atoms with E-state index < -0.39 is 26.9 Å². The highest BCUT2D eigenvalue weighted by atomic mass is 32.2. The normalized spacial score (nSPS) is 12.0. The van der Waals surface area contributed by atoms with Crippen molar-refractivity contribution in [3.05, 3.63) is 129 Å². The molecule has 0 aliphatic rings. The maximum absolute atomic E-state index is 13.1. The van der Waals surface area contributed by atoms with Gasteiger partial charge < -0.3 is 9.47 Å². The lowest BCUT2D eigenvalue weighted by molar-refractivity contribution is -0.384. The Bertz CT molecular complexity index is 1710. The van der Waals surface area contributed by atoms with E-state index in [1.54, 1.807) is 66.7 Å². The van der Waals surface area contributed by atoms with Crippen molar-refractivity contribution >= 4 is 27.8 Å². The van der Waals surface area contributed by atoms with Gasteiger partial charge in [-0.1, -0.05) is 48.0 Å². The van der Waals surface area contributed by atoms with E-state index in [9.17, 15) is 23.3 Å². The number of carbonyl (C=O) groups excluding carboxylic acids is 1. The molecule has 0 saturated heterocycles. The lowest BCUT2D eigenvalue weighted by Gasteiger charge is -2.18. The molecule has 0 radical (unpaired) electrons. The summed E-state index contributed by atoms with van der Waals surface area (Å²) in [4.78, 5) is 23.4. The van der Waals surface area contributed by atoms with Crippen LogP contribution in [0.1, 0.15) is 41.6 Å². The average molecular weight is 617 g/mol. The molecule has 12 heteroatoms. The van der Waals surface area contributed by atoms with E-state index >= 15 is 0 Å². The quantitative estimate of drug-likeness (QED) is 0.109. The summed E-state index contributed by atoms with van der Waals surface area (Å²) in [5.74, 6) is 0.437. The van der Waals surface area contributed by atoms with Crippen molar-refractivity contribution < 1.29 is 27.6 Å². The van der Waals surface area contributed by atoms with Gasteiger partial charge in [0.25, 0.3) is 5.69 Å². The maximum atomic E-state index is 13.1. The van der Waals surface area contributed by atoms with Crippen LogP contribution in [0.3, 0.4) is 0 Å². The molecule has 44 heavy (non-hydrogen) atoms. The van der Waals surface area contributed by atoms with E-state index in [0.29, 0.717) is 29.2 Å². The first kappa shape index (κ1) is 31.9. The van der Waals surface area contributed by atoms with Crippen molar-refractivity contribution in [2.24, 2.45) is 5.10 Å². The second-order valence-corrected chi connectivity index (χ2v) is 11.5. The molecule has 4 aromatic carbocycles. The fourth-order valence-corrected chi connectivity index (χ4v) is 5.39. The topological polar surface area (TPSA) is 149 Å². The number of carbonyl (C=O) groups is 1. The highest BCUT2D eigenvalue weighted by molar-refractivity contribution is 7.89. The standard InChI is InChI=1S/C32H32N4O7S/c1-3-42-31-19-25(13-18-30(31)43-22-24-11-14-27(15-12-24)36(38)39)21-33-34-32(37)20-29(26-7-5-4-6-8-26)35-44(40,41)28-16-9-23(2)10-17-28/h4-19,21,29,35H,3,20,22H2,1-2H3,(H,34,37)/b33-21-/t29-/m0/s1. The number of nitrogens with one attached hydrogen (secondary N) is 2. The van der Waals surface area contributed by atoms with Gasteiger partial charge in [0.1, 0.15) is 6.61 Å². The monoisotopic (exact) mass is 616 g/mol. The zero-order chi connectivity index (χ0) is 31.5. The Kier molecular flexibility index (Phi) is 10.8. The zero-order valence-corrected chi connectivity index (χ0v) is 25.0. The van der Waals surface area contributed by atoms with Crippen molar-refractivity contribution in [1.29, 1.82) is 0 Å². The Labute approximate surface area is 255 Å². The number of hydrogen-bond donors (Lipinski definition) is 2. The Balaban J connectivity index is 1.40. The molecule has 4 aromatic rings. The van der Waals surface area contributed by atoms with Gasteiger partial charge in [-0.3, -0.25) is 14.9 Å². The highest BCUT2D eigenvalue weighted by Crippen LogP contribution is 2.29. The minimum atomic E-state index is -3.90. The van der Waals surface area contributed by atoms with Gasteiger partial charge in [0, 0.05) is 18.6 Å². The van der Waals surface area contributed by atoms with Gasteiger partial charge in [0.05, 0.1) is 28.7 Å². The number of rotatable bonds is 14. The smallest absolute Gasteiger partial charge is 0.269 e. The summed E-state index contributed by atoms with van der Waals surface area (Å²) in [6, 6.07) is 25.7. The third kappa shape index (κ3) is 8.96. The number of non-ortho nitro benzene ring substituents is 1. The number of ether oxygens (including phenoxy) is 2. The van der Waals surface area contributed by atoms with Gasteiger partial charge in [-0.25, -0.2) is 18.6 Å². The lowest BCUT2D eigenvalue weighted by atomic mass is 10.0. The number of benzene rings is 4. The number of nitrogens with zero attached hydrogens (tertiary/aromatic N) is 2. The summed E-state index contributed by atoms with van der Waals surface area (Å²) in [5.41, 5.74) is 5.40. The summed E-state index contributed by atoms with van der Waals surface area (Å²) >= 11 is 0. The average Bonchev–Trinajstić information content (AvgIpc) is 3.01. The molecule has 2 N–H and O–H groups in total. The highest BCUT2D eigenvalue weighted by Gasteiger charge is 2.23. The third-order valence-electron chi connectivity index (χ3n) is 6.43. The van der Waals surface area contributed by atoms with Crippen LogP contribution in [0, 0.1) is 17.0 Å². The molecular weight excluding hydrogens is 584 g/mol. The van der Waals surface area contributed by atoms with E-state index in [1.807, 2.05) is 19.9 Å². The molecule has 0 aromatic heterocycles. The number of hydrogen-bond acceptors (Lipinski definition) is 8. The maximum Gasteiger partial charge on any atom is 0.269 e. The van der Waals surface area contributed by atoms with E-state index in [1.165, 1.54) is 30.5 Å². The van der Waals surface area contributed by atoms with Crippen LogP contribution >= 0.6 is 0 Å². The van der Waals surface area contributed by atoms with Crippen LogP contribution in [0.4, 0.5) is 5.69 Å². The minimum absolute atomic E-state index is 0.00128. The van der Waals surface area contributed by atoms with Crippen LogP contribution in [-0.2, 0) is 21.4 Å². The Hall–Kier alpha value is -5.07. The molecule has 4 rings (SSSR count). The Morgan fingerprint density at radius 2 is 1.66 bits per heavy atom. The van der Waals surface area contributed by atoms with Crippen molar-refractivity contribution in [2.45, 2.75) is 37.8 Å². The van der Waals surface area contributed by atoms with Gasteiger partial charge in [-0.05, 0) is 73.0 Å². The second-order valence-electron chi connectivity index (χ2n) is 9.75. The molecule has 0 saturated carbocycles. The second kappa shape index (κ2) is 14.9. The van der Waals surface area contributed by atoms with E-state index in [0.717, 1.165) is 11.1 Å². The van der Waals surface area contributed by atoms with Gasteiger partial charge in [-0.15, -0.1) is 0 Å². The summed E-state index contributed by atoms with van der Waals surface area (Å²) < 4.78 is 40.4. The molecule has 1 amide bonds. The van der Waals surface area contributed by atoms with Crippen LogP contribution in [0.5, 0.6) is 11.5 Å². The van der Waals surface area contributed by atoms with Crippen LogP contribution in [0.15, 0.2) is 107 Å². The van der Waals surface area contributed by atoms with Crippen LogP contribution < -0.4 is 19.6 Å². The van der Waals surface area contributed by atoms with Crippen LogP contribution in [-0.4, -0.2) is 32.1 Å². The molecule has 11 nitrogen and oxygen atoms in total. The summed E-state index contributed by atoms with van der Waals surface area (Å²) in [5, 5.41) is 14.9. The number of sulfonamides is 1. The molecule has 0 fully saturated rings. The van der Waals surface area contributed by atoms with Crippen molar-refractivity contribution in [3.63, 3.8) is 0 Å². The van der Waals surface area contributed by atoms with Gasteiger partial charge in [-0.2, -0.15) is 5.10 Å². The van der Waals surface area contributed by atoms with E-state index in [4.69, 9.17) is 9.47 Å². The molecule has 0 aliphatic carbocycles. The number of aryl methyl sites for hydroxylation is 1. The summed E-state index contributed by atoms with van der Waals surface area (Å²) in [6.07, 6.45) is 1.25. The SMILES string of the molecule is CCOc1cc(/C=N\NC(=O)C[C@H](NS(=O)(=O)c2ccc(C)cc2)c2ccccc2)ccc1OCc1ccc([N+](=O)[O-])cc1. The van der Waals surface area contributed by atoms with Gasteiger partial charge >= 0.3 is 0 Å². The third-order valence-corrected chi connectivity index (χ3v) is 7.92.